The first-order valence-electron chi connectivity index (χ1n) is 3.42. The molecule has 2 unspecified atom stereocenters. The molecular formula is C5H11N3O3S. The van der Waals surface area contributed by atoms with Crippen molar-refractivity contribution in [3.8, 4) is 0 Å². The van der Waals surface area contributed by atoms with E-state index in [4.69, 9.17) is 10.3 Å². The zero-order valence-corrected chi connectivity index (χ0v) is 7.40. The maximum atomic E-state index is 10.3. The molecule has 1 aliphatic rings. The molecule has 1 aliphatic heterocycles. The maximum Gasteiger partial charge on any atom is 0.317 e. The van der Waals surface area contributed by atoms with Crippen LogP contribution >= 0.6 is 12.6 Å². The summed E-state index contributed by atoms with van der Waals surface area (Å²) in [6.45, 7) is 1.52. The Balaban J connectivity index is 2.57. The summed E-state index contributed by atoms with van der Waals surface area (Å²) in [6, 6.07) is 0. The van der Waals surface area contributed by atoms with E-state index in [9.17, 15) is 4.79 Å². The molecule has 0 bridgehead atoms. The van der Waals surface area contributed by atoms with Crippen LogP contribution in [0.4, 0.5) is 0 Å². The predicted molar refractivity (Wildman–Crippen MR) is 43.3 cm³/mol. The van der Waals surface area contributed by atoms with E-state index < -0.39 is 11.5 Å². The first kappa shape index (κ1) is 9.75. The lowest BCUT2D eigenvalue weighted by Crippen LogP contribution is -2.39. The highest BCUT2D eigenvalue weighted by Gasteiger charge is 2.34. The van der Waals surface area contributed by atoms with Crippen molar-refractivity contribution in [2.75, 3.05) is 6.54 Å². The quantitative estimate of drug-likeness (QED) is 0.428. The van der Waals surface area contributed by atoms with Crippen molar-refractivity contribution in [2.45, 2.75) is 18.6 Å². The number of carbonyl (C=O) groups is 1. The number of hydroxylamine groups is 1. The van der Waals surface area contributed by atoms with Gasteiger partial charge in [0.25, 0.3) is 0 Å². The van der Waals surface area contributed by atoms with E-state index in [0.29, 0.717) is 0 Å². The average molecular weight is 193 g/mol. The normalized spacial score (nSPS) is 32.6. The molecule has 0 radical (unpaired) electrons. The zero-order chi connectivity index (χ0) is 9.30. The molecule has 0 aliphatic carbocycles. The molecule has 0 aromatic rings. The molecule has 1 rings (SSSR count). The smallest absolute Gasteiger partial charge is 0.317 e. The van der Waals surface area contributed by atoms with Gasteiger partial charge in [0.05, 0.1) is 0 Å². The van der Waals surface area contributed by atoms with Crippen LogP contribution in [0, 0.1) is 0 Å². The summed E-state index contributed by atoms with van der Waals surface area (Å²) >= 11 is 4.03. The first-order chi connectivity index (χ1) is 5.52. The van der Waals surface area contributed by atoms with Crippen molar-refractivity contribution < 1.29 is 15.1 Å². The third-order valence-electron chi connectivity index (χ3n) is 1.71. The van der Waals surface area contributed by atoms with Gasteiger partial charge in [-0.25, -0.2) is 10.3 Å². The molecule has 7 heteroatoms. The number of carboxylic acid groups (broad SMARTS) is 1. The number of hydrogen-bond acceptors (Lipinski definition) is 6. The third kappa shape index (κ3) is 1.87. The van der Waals surface area contributed by atoms with Crippen LogP contribution in [0.25, 0.3) is 0 Å². The SMILES string of the molecule is CC1N(O)NC(S)N1CC(=O)O. The van der Waals surface area contributed by atoms with Gasteiger partial charge in [-0.05, 0) is 6.92 Å². The summed E-state index contributed by atoms with van der Waals surface area (Å²) in [5.74, 6) is -0.946. The molecule has 1 heterocycles. The summed E-state index contributed by atoms with van der Waals surface area (Å²) in [5, 5.41) is 18.4. The molecule has 0 saturated carbocycles. The number of carboxylic acids is 1. The van der Waals surface area contributed by atoms with Crippen LogP contribution < -0.4 is 5.43 Å². The van der Waals surface area contributed by atoms with E-state index in [1.54, 1.807) is 6.92 Å². The van der Waals surface area contributed by atoms with Crippen molar-refractivity contribution in [3.63, 3.8) is 0 Å². The summed E-state index contributed by atoms with van der Waals surface area (Å²) in [5.41, 5.74) is 2.08. The Labute approximate surface area is 75.1 Å². The van der Waals surface area contributed by atoms with E-state index in [0.717, 1.165) is 5.17 Å². The van der Waals surface area contributed by atoms with Gasteiger partial charge in [-0.15, -0.1) is 17.8 Å². The lowest BCUT2D eigenvalue weighted by molar-refractivity contribution is -0.157. The van der Waals surface area contributed by atoms with Gasteiger partial charge < -0.3 is 5.11 Å². The first-order valence-corrected chi connectivity index (χ1v) is 3.94. The fraction of sp³-hybridized carbons (Fsp3) is 0.800. The number of nitrogens with zero attached hydrogens (tertiary/aromatic N) is 2. The Morgan fingerprint density at radius 3 is 2.67 bits per heavy atom. The molecule has 0 spiro atoms. The number of rotatable bonds is 2. The van der Waals surface area contributed by atoms with Gasteiger partial charge in [0, 0.05) is 0 Å². The Morgan fingerprint density at radius 1 is 1.75 bits per heavy atom. The average Bonchev–Trinajstić information content (AvgIpc) is 2.16. The molecule has 1 fully saturated rings. The van der Waals surface area contributed by atoms with Gasteiger partial charge in [0.1, 0.15) is 18.2 Å². The second-order valence-electron chi connectivity index (χ2n) is 2.55. The van der Waals surface area contributed by atoms with Gasteiger partial charge in [0.2, 0.25) is 0 Å². The van der Waals surface area contributed by atoms with Crippen LogP contribution in [0.2, 0.25) is 0 Å². The minimum Gasteiger partial charge on any atom is -0.480 e. The summed E-state index contributed by atoms with van der Waals surface area (Å²) in [7, 11) is 0. The fourth-order valence-electron chi connectivity index (χ4n) is 1.02. The molecule has 70 valence electrons. The summed E-state index contributed by atoms with van der Waals surface area (Å²) < 4.78 is 0. The molecule has 0 amide bonds. The van der Waals surface area contributed by atoms with Gasteiger partial charge in [-0.1, -0.05) is 0 Å². The Kier molecular flexibility index (Phi) is 2.91. The second-order valence-corrected chi connectivity index (χ2v) is 3.03. The third-order valence-corrected chi connectivity index (χ3v) is 2.13. The van der Waals surface area contributed by atoms with Crippen LogP contribution in [0.15, 0.2) is 0 Å². The summed E-state index contributed by atoms with van der Waals surface area (Å²) in [6.07, 6.45) is -0.386. The maximum absolute atomic E-state index is 10.3. The van der Waals surface area contributed by atoms with Gasteiger partial charge >= 0.3 is 5.97 Å². The van der Waals surface area contributed by atoms with E-state index in [1.165, 1.54) is 4.90 Å². The van der Waals surface area contributed by atoms with Crippen LogP contribution in [-0.2, 0) is 4.79 Å². The Morgan fingerprint density at radius 2 is 2.33 bits per heavy atom. The summed E-state index contributed by atoms with van der Waals surface area (Å²) in [4.78, 5) is 11.8. The number of thiol groups is 1. The fourth-order valence-corrected chi connectivity index (χ4v) is 1.41. The molecule has 12 heavy (non-hydrogen) atoms. The van der Waals surface area contributed by atoms with Gasteiger partial charge in [0.15, 0.2) is 0 Å². The standard InChI is InChI=1S/C5H11N3O3S/c1-3-7(2-4(9)10)5(12)6-8(3)11/h3,5-6,11-12H,2H2,1H3,(H,9,10). The second kappa shape index (κ2) is 3.58. The number of hydrogen-bond donors (Lipinski definition) is 4. The van der Waals surface area contributed by atoms with Gasteiger partial charge in [-0.3, -0.25) is 10.0 Å². The van der Waals surface area contributed by atoms with Crippen molar-refractivity contribution in [1.29, 1.82) is 0 Å². The molecule has 3 N–H and O–H groups in total. The predicted octanol–water partition coefficient (Wildman–Crippen LogP) is -0.858. The Hall–Kier alpha value is -0.340. The van der Waals surface area contributed by atoms with Crippen molar-refractivity contribution in [3.05, 3.63) is 0 Å². The molecule has 0 aromatic carbocycles. The van der Waals surface area contributed by atoms with E-state index >= 15 is 0 Å². The minimum absolute atomic E-state index is 0.153. The van der Waals surface area contributed by atoms with E-state index in [1.807, 2.05) is 0 Å². The van der Waals surface area contributed by atoms with Crippen molar-refractivity contribution in [1.82, 2.24) is 15.5 Å². The number of aliphatic carboxylic acids is 1. The molecule has 0 aromatic heterocycles. The molecule has 6 nitrogen and oxygen atoms in total. The largest absolute Gasteiger partial charge is 0.480 e. The lowest BCUT2D eigenvalue weighted by atomic mass is 10.5. The highest BCUT2D eigenvalue weighted by atomic mass is 32.1. The monoisotopic (exact) mass is 193 g/mol. The van der Waals surface area contributed by atoms with Crippen LogP contribution in [-0.4, -0.2) is 44.6 Å². The minimum atomic E-state index is -0.946. The number of hydrazine groups is 1. The highest BCUT2D eigenvalue weighted by Crippen LogP contribution is 2.15. The molecule has 1 saturated heterocycles. The van der Waals surface area contributed by atoms with E-state index in [2.05, 4.69) is 18.1 Å². The van der Waals surface area contributed by atoms with Crippen LogP contribution in [0.5, 0.6) is 0 Å². The lowest BCUT2D eigenvalue weighted by Gasteiger charge is -2.20. The highest BCUT2D eigenvalue weighted by molar-refractivity contribution is 7.80. The topological polar surface area (TPSA) is 76.0 Å². The molecule has 2 atom stereocenters. The van der Waals surface area contributed by atoms with Crippen molar-refractivity contribution >= 4 is 18.6 Å². The Bertz CT molecular complexity index is 191. The molecular weight excluding hydrogens is 182 g/mol. The van der Waals surface area contributed by atoms with Gasteiger partial charge in [-0.2, -0.15) is 0 Å². The van der Waals surface area contributed by atoms with Crippen LogP contribution in [0.1, 0.15) is 6.92 Å². The van der Waals surface area contributed by atoms with Crippen molar-refractivity contribution in [2.24, 2.45) is 0 Å². The zero-order valence-electron chi connectivity index (χ0n) is 6.51. The van der Waals surface area contributed by atoms with E-state index in [-0.39, 0.29) is 12.7 Å². The van der Waals surface area contributed by atoms with Crippen LogP contribution in [0.3, 0.4) is 0 Å². The number of nitrogens with one attached hydrogen (secondary N) is 1.